The number of ether oxygens (including phenoxy) is 1. The molecule has 65 heavy (non-hydrogen) atoms. The Morgan fingerprint density at radius 3 is 1.65 bits per heavy atom. The molecule has 4 nitrogen and oxygen atoms in total. The quantitative estimate of drug-likeness (QED) is 0.160. The van der Waals surface area contributed by atoms with Gasteiger partial charge in [0.2, 0.25) is 0 Å². The zero-order chi connectivity index (χ0) is 46.8. The van der Waals surface area contributed by atoms with Crippen molar-refractivity contribution < 1.29 is 4.74 Å². The van der Waals surface area contributed by atoms with E-state index < -0.39 is 0 Å². The summed E-state index contributed by atoms with van der Waals surface area (Å²) in [7, 11) is 1.77. The number of hydrogen-bond acceptors (Lipinski definition) is 3. The van der Waals surface area contributed by atoms with Crippen LogP contribution in [0, 0.1) is 13.8 Å². The molecule has 2 heterocycles. The van der Waals surface area contributed by atoms with Gasteiger partial charge in [-0.1, -0.05) is 168 Å². The van der Waals surface area contributed by atoms with E-state index in [-0.39, 0.29) is 21.7 Å². The highest BCUT2D eigenvalue weighted by molar-refractivity contribution is 5.98. The Labute approximate surface area is 388 Å². The molecule has 0 saturated carbocycles. The van der Waals surface area contributed by atoms with Gasteiger partial charge in [-0.25, -0.2) is 4.98 Å². The number of imidazole rings is 1. The van der Waals surface area contributed by atoms with Crippen molar-refractivity contribution in [3.63, 3.8) is 0 Å². The normalized spacial score (nSPS) is 12.5. The maximum absolute atomic E-state index is 6.24. The van der Waals surface area contributed by atoms with Crippen LogP contribution in [0.1, 0.15) is 116 Å². The van der Waals surface area contributed by atoms with Gasteiger partial charge in [0.25, 0.3) is 0 Å². The SMILES string of the molecule is COc1c(C)cc(C)cc1-c1nc2c(-c3cc(-c4cc(-c5ccc(C(C)(C)C)cc5)ccn4)cc(C(C)(C)C)c3)cccc2n1-c1cc(C(C)(C)C)ccc1-c1ccc(C(C)(C)C)cc1. The molecule has 4 heteroatoms. The summed E-state index contributed by atoms with van der Waals surface area (Å²) in [4.78, 5) is 10.7. The van der Waals surface area contributed by atoms with Crippen LogP contribution in [0.25, 0.3) is 72.7 Å². The first-order chi connectivity index (χ1) is 30.5. The highest BCUT2D eigenvalue weighted by Crippen LogP contribution is 2.44. The summed E-state index contributed by atoms with van der Waals surface area (Å²) in [5, 5.41) is 0. The summed E-state index contributed by atoms with van der Waals surface area (Å²) < 4.78 is 8.64. The largest absolute Gasteiger partial charge is 0.496 e. The molecule has 0 saturated heterocycles. The van der Waals surface area contributed by atoms with Gasteiger partial charge in [0.15, 0.2) is 0 Å². The van der Waals surface area contributed by atoms with Gasteiger partial charge >= 0.3 is 0 Å². The fraction of sp³-hybridized carbons (Fsp3) is 0.311. The lowest BCUT2D eigenvalue weighted by Crippen LogP contribution is -2.13. The molecule has 0 unspecified atom stereocenters. The lowest BCUT2D eigenvalue weighted by molar-refractivity contribution is 0.413. The number of methoxy groups -OCH3 is 1. The third-order valence-electron chi connectivity index (χ3n) is 13.0. The van der Waals surface area contributed by atoms with Crippen molar-refractivity contribution in [3.8, 4) is 67.5 Å². The minimum Gasteiger partial charge on any atom is -0.496 e. The van der Waals surface area contributed by atoms with Crippen molar-refractivity contribution in [2.75, 3.05) is 7.11 Å². The van der Waals surface area contributed by atoms with Gasteiger partial charge in [-0.15, -0.1) is 0 Å². The average molecular weight is 858 g/mol. The fourth-order valence-corrected chi connectivity index (χ4v) is 9.02. The standard InChI is InChI=1S/C61H67N3O/c1-38-31-39(2)56(65-15)51(32-38)57-63-55-50(17-16-18-53(55)64(57)54-37-47(60(9,10)11)27-28-49(54)41-21-25-46(26-22-41)59(6,7)8)43-33-44(35-48(34-43)61(12,13)14)52-36-42(29-30-62-52)40-19-23-45(24-20-40)58(3,4)5/h16-37H,1-15H3. The van der Waals surface area contributed by atoms with E-state index in [1.165, 1.54) is 27.8 Å². The Morgan fingerprint density at radius 1 is 0.462 bits per heavy atom. The van der Waals surface area contributed by atoms with Crippen LogP contribution in [0.2, 0.25) is 0 Å². The summed E-state index contributed by atoms with van der Waals surface area (Å²) in [6.07, 6.45) is 1.94. The van der Waals surface area contributed by atoms with Gasteiger partial charge < -0.3 is 4.74 Å². The third kappa shape index (κ3) is 9.06. The molecule has 0 amide bonds. The third-order valence-corrected chi connectivity index (χ3v) is 13.0. The van der Waals surface area contributed by atoms with Crippen LogP contribution in [0.3, 0.4) is 0 Å². The molecule has 0 aliphatic heterocycles. The fourth-order valence-electron chi connectivity index (χ4n) is 9.02. The number of nitrogens with zero attached hydrogens (tertiary/aromatic N) is 3. The van der Waals surface area contributed by atoms with Crippen LogP contribution in [-0.2, 0) is 21.7 Å². The van der Waals surface area contributed by atoms with Crippen molar-refractivity contribution in [1.29, 1.82) is 0 Å². The topological polar surface area (TPSA) is 39.9 Å². The first kappa shape index (κ1) is 45.3. The number of aryl methyl sites for hydroxylation is 2. The Morgan fingerprint density at radius 2 is 1.05 bits per heavy atom. The lowest BCUT2D eigenvalue weighted by atomic mass is 9.83. The predicted molar refractivity (Wildman–Crippen MR) is 277 cm³/mol. The second-order valence-electron chi connectivity index (χ2n) is 22.2. The summed E-state index contributed by atoms with van der Waals surface area (Å²) in [5.74, 6) is 1.67. The van der Waals surface area contributed by atoms with Gasteiger partial charge in [-0.2, -0.15) is 0 Å². The maximum atomic E-state index is 6.24. The Balaban J connectivity index is 1.40. The average Bonchev–Trinajstić information content (AvgIpc) is 3.64. The van der Waals surface area contributed by atoms with E-state index in [2.05, 4.69) is 229 Å². The number of benzene rings is 6. The van der Waals surface area contributed by atoms with Crippen LogP contribution >= 0.6 is 0 Å². The van der Waals surface area contributed by atoms with Crippen LogP contribution in [0.4, 0.5) is 0 Å². The second kappa shape index (κ2) is 16.6. The molecular formula is C61H67N3O. The van der Waals surface area contributed by atoms with Crippen molar-refractivity contribution in [2.45, 2.75) is 119 Å². The molecule has 0 spiro atoms. The first-order valence-electron chi connectivity index (χ1n) is 23.2. The van der Waals surface area contributed by atoms with Crippen molar-refractivity contribution in [3.05, 3.63) is 167 Å². The molecule has 0 aliphatic rings. The molecular weight excluding hydrogens is 791 g/mol. The van der Waals surface area contributed by atoms with E-state index in [1.54, 1.807) is 7.11 Å². The molecule has 0 aliphatic carbocycles. The first-order valence-corrected chi connectivity index (χ1v) is 23.2. The number of rotatable bonds is 7. The van der Waals surface area contributed by atoms with E-state index >= 15 is 0 Å². The van der Waals surface area contributed by atoms with E-state index in [0.29, 0.717) is 0 Å². The molecule has 8 aromatic rings. The van der Waals surface area contributed by atoms with Crippen molar-refractivity contribution >= 4 is 11.0 Å². The molecule has 0 fully saturated rings. The van der Waals surface area contributed by atoms with Gasteiger partial charge in [-0.3, -0.25) is 9.55 Å². The van der Waals surface area contributed by atoms with E-state index in [1.807, 2.05) is 6.20 Å². The summed E-state index contributed by atoms with van der Waals surface area (Å²) in [6, 6.07) is 47.4. The van der Waals surface area contributed by atoms with Crippen LogP contribution in [0.5, 0.6) is 5.75 Å². The van der Waals surface area contributed by atoms with Crippen molar-refractivity contribution in [2.24, 2.45) is 0 Å². The molecule has 8 rings (SSSR count). The van der Waals surface area contributed by atoms with Crippen LogP contribution in [-0.4, -0.2) is 21.6 Å². The highest BCUT2D eigenvalue weighted by atomic mass is 16.5. The van der Waals surface area contributed by atoms with Crippen LogP contribution < -0.4 is 4.74 Å². The van der Waals surface area contributed by atoms with E-state index in [9.17, 15) is 0 Å². The minimum absolute atomic E-state index is 0.0442. The summed E-state index contributed by atoms with van der Waals surface area (Å²) in [5.41, 5.74) is 20.1. The zero-order valence-corrected chi connectivity index (χ0v) is 41.5. The Kier molecular flexibility index (Phi) is 11.6. The number of para-hydroxylation sites is 1. The molecule has 0 bridgehead atoms. The van der Waals surface area contributed by atoms with Gasteiger partial charge in [0.05, 0.1) is 35.1 Å². The molecule has 2 aromatic heterocycles. The van der Waals surface area contributed by atoms with Gasteiger partial charge in [-0.05, 0) is 134 Å². The monoisotopic (exact) mass is 858 g/mol. The summed E-state index contributed by atoms with van der Waals surface area (Å²) in [6.45, 7) is 31.6. The number of hydrogen-bond donors (Lipinski definition) is 0. The van der Waals surface area contributed by atoms with E-state index in [4.69, 9.17) is 14.7 Å². The maximum Gasteiger partial charge on any atom is 0.149 e. The second-order valence-corrected chi connectivity index (χ2v) is 22.2. The molecule has 0 N–H and O–H groups in total. The number of pyridine rings is 1. The van der Waals surface area contributed by atoms with Gasteiger partial charge in [0.1, 0.15) is 11.6 Å². The minimum atomic E-state index is -0.124. The predicted octanol–water partition coefficient (Wildman–Crippen LogP) is 16.6. The smallest absolute Gasteiger partial charge is 0.149 e. The molecule has 0 atom stereocenters. The van der Waals surface area contributed by atoms with E-state index in [0.717, 1.165) is 84.1 Å². The van der Waals surface area contributed by atoms with Gasteiger partial charge in [0, 0.05) is 22.9 Å². The molecule has 332 valence electrons. The summed E-state index contributed by atoms with van der Waals surface area (Å²) >= 11 is 0. The number of fused-ring (bicyclic) bond motifs is 1. The van der Waals surface area contributed by atoms with Crippen LogP contribution in [0.15, 0.2) is 134 Å². The Bertz CT molecular complexity index is 3050. The molecule has 6 aromatic carbocycles. The Hall–Kier alpha value is -6.26. The zero-order valence-electron chi connectivity index (χ0n) is 41.5. The van der Waals surface area contributed by atoms with Crippen molar-refractivity contribution in [1.82, 2.24) is 14.5 Å². The molecule has 0 radical (unpaired) electrons. The lowest BCUT2D eigenvalue weighted by Gasteiger charge is -2.24. The highest BCUT2D eigenvalue weighted by Gasteiger charge is 2.27. The number of aromatic nitrogens is 3.